The first kappa shape index (κ1) is 15.9. The Hall–Kier alpha value is -2.18. The zero-order chi connectivity index (χ0) is 15.3. The van der Waals surface area contributed by atoms with E-state index in [2.05, 4.69) is 5.32 Å². The van der Waals surface area contributed by atoms with E-state index in [1.807, 2.05) is 0 Å². The van der Waals surface area contributed by atoms with Gasteiger partial charge in [0, 0.05) is 12.1 Å². The van der Waals surface area contributed by atoms with E-state index in [9.17, 15) is 18.4 Å². The van der Waals surface area contributed by atoms with Gasteiger partial charge in [0.05, 0.1) is 17.7 Å². The van der Waals surface area contributed by atoms with Gasteiger partial charge in [-0.15, -0.1) is 0 Å². The maximum atomic E-state index is 13.4. The van der Waals surface area contributed by atoms with E-state index in [0.29, 0.717) is 12.1 Å². The third kappa shape index (κ3) is 4.49. The minimum absolute atomic E-state index is 0.0261. The fourth-order valence-corrected chi connectivity index (χ4v) is 1.43. The van der Waals surface area contributed by atoms with Crippen molar-refractivity contribution in [3.05, 3.63) is 29.3 Å². The summed E-state index contributed by atoms with van der Waals surface area (Å²) in [6.07, 6.45) is -0.0526. The summed E-state index contributed by atoms with van der Waals surface area (Å²) in [6.45, 7) is 3.36. The molecule has 0 fully saturated rings. The van der Waals surface area contributed by atoms with Crippen molar-refractivity contribution in [1.82, 2.24) is 5.32 Å². The van der Waals surface area contributed by atoms with Crippen LogP contribution in [0.25, 0.3) is 0 Å². The Morgan fingerprint density at radius 3 is 2.55 bits per heavy atom. The number of hydrogen-bond acceptors (Lipinski definition) is 4. The van der Waals surface area contributed by atoms with E-state index in [1.54, 1.807) is 13.8 Å². The van der Waals surface area contributed by atoms with E-state index < -0.39 is 28.9 Å². The molecule has 0 aliphatic heterocycles. The standard InChI is InChI=1S/C13H16F2N2O3/c1-7(2)17-12(18)3-4-20-13(19)8-5-10(15)11(16)6-9(8)14/h5-7H,3-4,16H2,1-2H3,(H,17,18). The Bertz CT molecular complexity index is 519. The molecule has 0 bridgehead atoms. The molecule has 0 spiro atoms. The molecule has 20 heavy (non-hydrogen) atoms. The van der Waals surface area contributed by atoms with Crippen LogP contribution in [-0.2, 0) is 9.53 Å². The average molecular weight is 286 g/mol. The van der Waals surface area contributed by atoms with Crippen molar-refractivity contribution in [3.8, 4) is 0 Å². The Balaban J connectivity index is 2.56. The average Bonchev–Trinajstić information content (AvgIpc) is 2.32. The van der Waals surface area contributed by atoms with E-state index in [4.69, 9.17) is 10.5 Å². The number of amides is 1. The zero-order valence-electron chi connectivity index (χ0n) is 11.2. The van der Waals surface area contributed by atoms with Gasteiger partial charge in [0.25, 0.3) is 0 Å². The molecule has 1 amide bonds. The molecule has 0 heterocycles. The van der Waals surface area contributed by atoms with Gasteiger partial charge in [0.1, 0.15) is 18.2 Å². The minimum Gasteiger partial charge on any atom is -0.461 e. The number of carbonyl (C=O) groups is 2. The number of nitrogens with two attached hydrogens (primary N) is 1. The molecule has 7 heteroatoms. The molecule has 0 aliphatic carbocycles. The van der Waals surface area contributed by atoms with Gasteiger partial charge in [-0.05, 0) is 19.9 Å². The predicted octanol–water partition coefficient (Wildman–Crippen LogP) is 1.62. The molecule has 0 aliphatic rings. The first-order valence-electron chi connectivity index (χ1n) is 6.02. The second-order valence-corrected chi connectivity index (χ2v) is 4.46. The fraction of sp³-hybridized carbons (Fsp3) is 0.385. The van der Waals surface area contributed by atoms with Gasteiger partial charge >= 0.3 is 5.97 Å². The summed E-state index contributed by atoms with van der Waals surface area (Å²) in [5, 5.41) is 2.60. The number of carbonyl (C=O) groups excluding carboxylic acids is 2. The molecule has 1 rings (SSSR count). The van der Waals surface area contributed by atoms with Crippen molar-refractivity contribution in [1.29, 1.82) is 0 Å². The van der Waals surface area contributed by atoms with Crippen molar-refractivity contribution < 1.29 is 23.1 Å². The SMILES string of the molecule is CC(C)NC(=O)CCOC(=O)c1cc(F)c(N)cc1F. The summed E-state index contributed by atoms with van der Waals surface area (Å²) in [5.74, 6) is -3.22. The number of hydrogen-bond donors (Lipinski definition) is 2. The topological polar surface area (TPSA) is 81.4 Å². The van der Waals surface area contributed by atoms with Crippen LogP contribution in [0.4, 0.5) is 14.5 Å². The lowest BCUT2D eigenvalue weighted by atomic mass is 10.2. The Kier molecular flexibility index (Phi) is 5.42. The highest BCUT2D eigenvalue weighted by Gasteiger charge is 2.16. The monoisotopic (exact) mass is 286 g/mol. The quantitative estimate of drug-likeness (QED) is 0.636. The third-order valence-corrected chi connectivity index (χ3v) is 2.32. The third-order valence-electron chi connectivity index (χ3n) is 2.32. The van der Waals surface area contributed by atoms with Crippen LogP contribution in [0, 0.1) is 11.6 Å². The highest BCUT2D eigenvalue weighted by Crippen LogP contribution is 2.17. The largest absolute Gasteiger partial charge is 0.461 e. The fourth-order valence-electron chi connectivity index (χ4n) is 1.43. The number of nitrogen functional groups attached to an aromatic ring is 1. The van der Waals surface area contributed by atoms with E-state index in [0.717, 1.165) is 0 Å². The highest BCUT2D eigenvalue weighted by molar-refractivity contribution is 5.90. The van der Waals surface area contributed by atoms with Crippen LogP contribution in [0.3, 0.4) is 0 Å². The molecule has 0 atom stereocenters. The maximum Gasteiger partial charge on any atom is 0.341 e. The van der Waals surface area contributed by atoms with Crippen LogP contribution in [0.2, 0.25) is 0 Å². The van der Waals surface area contributed by atoms with Crippen molar-refractivity contribution in [3.63, 3.8) is 0 Å². The van der Waals surface area contributed by atoms with Crippen molar-refractivity contribution in [2.24, 2.45) is 0 Å². The number of ether oxygens (including phenoxy) is 1. The maximum absolute atomic E-state index is 13.4. The summed E-state index contributed by atoms with van der Waals surface area (Å²) in [7, 11) is 0. The lowest BCUT2D eigenvalue weighted by Gasteiger charge is -2.09. The molecule has 0 unspecified atom stereocenters. The smallest absolute Gasteiger partial charge is 0.341 e. The van der Waals surface area contributed by atoms with Gasteiger partial charge in [-0.1, -0.05) is 0 Å². The van der Waals surface area contributed by atoms with Crippen molar-refractivity contribution >= 4 is 17.6 Å². The van der Waals surface area contributed by atoms with Crippen molar-refractivity contribution in [2.45, 2.75) is 26.3 Å². The molecular weight excluding hydrogens is 270 g/mol. The Morgan fingerprint density at radius 2 is 1.95 bits per heavy atom. The van der Waals surface area contributed by atoms with Crippen LogP contribution in [-0.4, -0.2) is 24.5 Å². The number of rotatable bonds is 5. The summed E-state index contributed by atoms with van der Waals surface area (Å²) >= 11 is 0. The summed E-state index contributed by atoms with van der Waals surface area (Å²) in [4.78, 5) is 22.8. The van der Waals surface area contributed by atoms with Crippen molar-refractivity contribution in [2.75, 3.05) is 12.3 Å². The van der Waals surface area contributed by atoms with E-state index in [1.165, 1.54) is 0 Å². The molecule has 0 radical (unpaired) electrons. The molecule has 5 nitrogen and oxygen atoms in total. The molecule has 0 saturated heterocycles. The molecule has 0 aromatic heterocycles. The van der Waals surface area contributed by atoms with Gasteiger partial charge in [-0.3, -0.25) is 4.79 Å². The van der Waals surface area contributed by atoms with Crippen LogP contribution < -0.4 is 11.1 Å². The Morgan fingerprint density at radius 1 is 1.30 bits per heavy atom. The van der Waals surface area contributed by atoms with Gasteiger partial charge < -0.3 is 15.8 Å². The van der Waals surface area contributed by atoms with Gasteiger partial charge in [-0.2, -0.15) is 0 Å². The van der Waals surface area contributed by atoms with E-state index >= 15 is 0 Å². The predicted molar refractivity (Wildman–Crippen MR) is 68.9 cm³/mol. The second-order valence-electron chi connectivity index (χ2n) is 4.46. The minimum atomic E-state index is -1.04. The molecular formula is C13H16F2N2O3. The van der Waals surface area contributed by atoms with Crippen LogP contribution in [0.5, 0.6) is 0 Å². The normalized spacial score (nSPS) is 10.4. The number of nitrogens with one attached hydrogen (secondary N) is 1. The summed E-state index contributed by atoms with van der Waals surface area (Å²) in [6, 6.07) is 1.35. The van der Waals surface area contributed by atoms with Gasteiger partial charge in [0.2, 0.25) is 5.91 Å². The number of halogens is 2. The molecule has 0 saturated carbocycles. The lowest BCUT2D eigenvalue weighted by molar-refractivity contribution is -0.122. The summed E-state index contributed by atoms with van der Waals surface area (Å²) in [5.41, 5.74) is 4.21. The van der Waals surface area contributed by atoms with Crippen LogP contribution in [0.15, 0.2) is 12.1 Å². The van der Waals surface area contributed by atoms with Crippen LogP contribution >= 0.6 is 0 Å². The Labute approximate surface area is 115 Å². The number of esters is 1. The zero-order valence-corrected chi connectivity index (χ0v) is 11.2. The summed E-state index contributed by atoms with van der Waals surface area (Å²) < 4.78 is 31.3. The first-order chi connectivity index (χ1) is 9.31. The van der Waals surface area contributed by atoms with Crippen LogP contribution in [0.1, 0.15) is 30.6 Å². The van der Waals surface area contributed by atoms with E-state index in [-0.39, 0.29) is 25.0 Å². The molecule has 3 N–H and O–H groups in total. The van der Waals surface area contributed by atoms with Gasteiger partial charge in [-0.25, -0.2) is 13.6 Å². The number of benzene rings is 1. The second kappa shape index (κ2) is 6.83. The van der Waals surface area contributed by atoms with Gasteiger partial charge in [0.15, 0.2) is 0 Å². The highest BCUT2D eigenvalue weighted by atomic mass is 19.1. The molecule has 1 aromatic carbocycles. The molecule has 110 valence electrons. The molecule has 1 aromatic rings. The lowest BCUT2D eigenvalue weighted by Crippen LogP contribution is -2.31. The number of anilines is 1. The first-order valence-corrected chi connectivity index (χ1v) is 6.02.